The van der Waals surface area contributed by atoms with Gasteiger partial charge < -0.3 is 14.9 Å². The lowest BCUT2D eigenvalue weighted by Gasteiger charge is -2.26. The molecule has 0 aromatic carbocycles. The van der Waals surface area contributed by atoms with E-state index in [9.17, 15) is 8.42 Å². The minimum Gasteiger partial charge on any atom is -0.465 e. The van der Waals surface area contributed by atoms with Crippen LogP contribution in [0.15, 0.2) is 9.31 Å². The zero-order chi connectivity index (χ0) is 15.5. The highest BCUT2D eigenvalue weighted by Crippen LogP contribution is 2.29. The molecule has 0 bridgehead atoms. The highest BCUT2D eigenvalue weighted by atomic mass is 32.2. The number of nitrogens with zero attached hydrogens (tertiary/aromatic N) is 1. The summed E-state index contributed by atoms with van der Waals surface area (Å²) < 4.78 is 37.6. The Bertz CT molecular complexity index is 551. The number of likely N-dealkylation sites (N-methyl/N-ethyl adjacent to an activating group) is 1. The fraction of sp³-hybridized carbons (Fsp3) is 0.692. The maximum Gasteiger partial charge on any atom is 0.247 e. The Morgan fingerprint density at radius 1 is 1.35 bits per heavy atom. The summed E-state index contributed by atoms with van der Waals surface area (Å²) in [6.07, 6.45) is 0. The number of rotatable bonds is 7. The third-order valence-corrected chi connectivity index (χ3v) is 5.59. The van der Waals surface area contributed by atoms with Crippen molar-refractivity contribution in [3.63, 3.8) is 0 Å². The van der Waals surface area contributed by atoms with E-state index in [-0.39, 0.29) is 17.5 Å². The van der Waals surface area contributed by atoms with E-state index in [4.69, 9.17) is 14.9 Å². The highest BCUT2D eigenvalue weighted by molar-refractivity contribution is 7.89. The molecule has 0 saturated carbocycles. The van der Waals surface area contributed by atoms with Crippen molar-refractivity contribution < 1.29 is 17.6 Å². The third-order valence-electron chi connectivity index (χ3n) is 3.31. The predicted molar refractivity (Wildman–Crippen MR) is 77.0 cm³/mol. The lowest BCUT2D eigenvalue weighted by Crippen LogP contribution is -2.41. The summed E-state index contributed by atoms with van der Waals surface area (Å²) in [6, 6.07) is -0.254. The summed E-state index contributed by atoms with van der Waals surface area (Å²) in [7, 11) is -2.09. The second-order valence-corrected chi connectivity index (χ2v) is 6.57. The molecule has 1 rings (SSSR count). The van der Waals surface area contributed by atoms with Gasteiger partial charge in [-0.05, 0) is 20.8 Å². The highest BCUT2D eigenvalue weighted by Gasteiger charge is 2.33. The van der Waals surface area contributed by atoms with Gasteiger partial charge in [-0.15, -0.1) is 0 Å². The first-order valence-corrected chi connectivity index (χ1v) is 8.04. The van der Waals surface area contributed by atoms with Crippen LogP contribution in [0.3, 0.4) is 0 Å². The van der Waals surface area contributed by atoms with Gasteiger partial charge in [0, 0.05) is 31.8 Å². The number of aryl methyl sites for hydroxylation is 2. The molecule has 1 heterocycles. The monoisotopic (exact) mass is 304 g/mol. The zero-order valence-electron chi connectivity index (χ0n) is 12.8. The molecule has 0 radical (unpaired) electrons. The number of ether oxygens (including phenoxy) is 1. The van der Waals surface area contributed by atoms with E-state index in [1.807, 2.05) is 6.92 Å². The molecule has 0 fully saturated rings. The van der Waals surface area contributed by atoms with Gasteiger partial charge in [0.25, 0.3) is 0 Å². The molecule has 2 N–H and O–H groups in total. The smallest absolute Gasteiger partial charge is 0.247 e. The van der Waals surface area contributed by atoms with Crippen LogP contribution in [0.5, 0.6) is 0 Å². The van der Waals surface area contributed by atoms with Gasteiger partial charge in [-0.1, -0.05) is 6.92 Å². The van der Waals surface area contributed by atoms with Gasteiger partial charge in [-0.2, -0.15) is 4.31 Å². The molecule has 0 spiro atoms. The Labute approximate surface area is 120 Å². The fourth-order valence-electron chi connectivity index (χ4n) is 2.44. The molecule has 7 heteroatoms. The van der Waals surface area contributed by atoms with Crippen LogP contribution in [0.25, 0.3) is 0 Å². The minimum atomic E-state index is -3.65. The summed E-state index contributed by atoms with van der Waals surface area (Å²) >= 11 is 0. The summed E-state index contributed by atoms with van der Waals surface area (Å²) in [5, 5.41) is 0. The average Bonchev–Trinajstić information content (AvgIpc) is 2.64. The van der Waals surface area contributed by atoms with Crippen molar-refractivity contribution in [1.82, 2.24) is 4.31 Å². The van der Waals surface area contributed by atoms with Gasteiger partial charge in [-0.25, -0.2) is 8.42 Å². The lowest BCUT2D eigenvalue weighted by atomic mass is 10.2. The quantitative estimate of drug-likeness (QED) is 0.823. The Balaban J connectivity index is 3.35. The van der Waals surface area contributed by atoms with Crippen molar-refractivity contribution in [2.45, 2.75) is 45.2 Å². The SMILES string of the molecule is CCN(C(C)COC)S(=O)(=O)c1c(C)oc(C)c1CN. The molecule has 20 heavy (non-hydrogen) atoms. The molecular formula is C13H24N2O4S. The molecule has 1 aromatic heterocycles. The predicted octanol–water partition coefficient (Wildman–Crippen LogP) is 1.40. The van der Waals surface area contributed by atoms with E-state index in [1.165, 1.54) is 4.31 Å². The molecule has 0 aliphatic rings. The maximum absolute atomic E-state index is 12.8. The van der Waals surface area contributed by atoms with Crippen LogP contribution in [-0.4, -0.2) is 39.0 Å². The first-order valence-electron chi connectivity index (χ1n) is 6.60. The molecule has 1 atom stereocenters. The summed E-state index contributed by atoms with van der Waals surface area (Å²) in [6.45, 7) is 7.81. The van der Waals surface area contributed by atoms with Crippen molar-refractivity contribution in [3.8, 4) is 0 Å². The minimum absolute atomic E-state index is 0.133. The Kier molecular flexibility index (Phi) is 5.76. The third kappa shape index (κ3) is 3.06. The lowest BCUT2D eigenvalue weighted by molar-refractivity contribution is 0.142. The van der Waals surface area contributed by atoms with E-state index in [0.717, 1.165) is 0 Å². The van der Waals surface area contributed by atoms with Crippen LogP contribution in [-0.2, 0) is 21.3 Å². The topological polar surface area (TPSA) is 85.8 Å². The van der Waals surface area contributed by atoms with Crippen LogP contribution in [0.2, 0.25) is 0 Å². The van der Waals surface area contributed by atoms with Crippen molar-refractivity contribution >= 4 is 10.0 Å². The zero-order valence-corrected chi connectivity index (χ0v) is 13.6. The van der Waals surface area contributed by atoms with Crippen LogP contribution in [0.1, 0.15) is 30.9 Å². The standard InChI is InChI=1S/C13H24N2O4S/c1-6-15(9(2)8-18-5)20(16,17)13-11(4)19-10(3)12(13)7-14/h9H,6-8,14H2,1-5H3. The number of hydrogen-bond donors (Lipinski definition) is 1. The van der Waals surface area contributed by atoms with Gasteiger partial charge in [0.15, 0.2) is 0 Å². The summed E-state index contributed by atoms with van der Waals surface area (Å²) in [5.41, 5.74) is 6.22. The normalized spacial score (nSPS) is 13.9. The van der Waals surface area contributed by atoms with E-state index >= 15 is 0 Å². The molecular weight excluding hydrogens is 280 g/mol. The van der Waals surface area contributed by atoms with Crippen LogP contribution < -0.4 is 5.73 Å². The van der Waals surface area contributed by atoms with Gasteiger partial charge >= 0.3 is 0 Å². The van der Waals surface area contributed by atoms with Crippen molar-refractivity contribution in [1.29, 1.82) is 0 Å². The second kappa shape index (κ2) is 6.71. The molecule has 6 nitrogen and oxygen atoms in total. The number of methoxy groups -OCH3 is 1. The van der Waals surface area contributed by atoms with Crippen LogP contribution >= 0.6 is 0 Å². The number of nitrogens with two attached hydrogens (primary N) is 1. The molecule has 1 aromatic rings. The fourth-order valence-corrected chi connectivity index (χ4v) is 4.50. The van der Waals surface area contributed by atoms with Gasteiger partial charge in [0.1, 0.15) is 16.4 Å². The summed E-state index contributed by atoms with van der Waals surface area (Å²) in [5.74, 6) is 0.935. The number of sulfonamides is 1. The second-order valence-electron chi connectivity index (χ2n) is 4.74. The number of hydrogen-bond acceptors (Lipinski definition) is 5. The molecule has 116 valence electrons. The van der Waals surface area contributed by atoms with E-state index in [0.29, 0.717) is 30.2 Å². The van der Waals surface area contributed by atoms with Crippen molar-refractivity contribution in [2.75, 3.05) is 20.3 Å². The van der Waals surface area contributed by atoms with E-state index in [2.05, 4.69) is 0 Å². The molecule has 0 aliphatic heterocycles. The van der Waals surface area contributed by atoms with Gasteiger partial charge in [0.2, 0.25) is 10.0 Å². The molecule has 1 unspecified atom stereocenters. The Morgan fingerprint density at radius 3 is 2.40 bits per heavy atom. The van der Waals surface area contributed by atoms with Gasteiger partial charge in [0.05, 0.1) is 6.61 Å². The first kappa shape index (κ1) is 17.2. The van der Waals surface area contributed by atoms with Crippen molar-refractivity contribution in [2.24, 2.45) is 5.73 Å². The van der Waals surface area contributed by atoms with Crippen molar-refractivity contribution in [3.05, 3.63) is 17.1 Å². The van der Waals surface area contributed by atoms with Crippen LogP contribution in [0.4, 0.5) is 0 Å². The largest absolute Gasteiger partial charge is 0.465 e. The summed E-state index contributed by atoms with van der Waals surface area (Å²) in [4.78, 5) is 0.197. The van der Waals surface area contributed by atoms with E-state index in [1.54, 1.807) is 27.9 Å². The molecule has 0 amide bonds. The number of furan rings is 1. The van der Waals surface area contributed by atoms with E-state index < -0.39 is 10.0 Å². The Hall–Kier alpha value is -0.890. The molecule has 0 aliphatic carbocycles. The van der Waals surface area contributed by atoms with Gasteiger partial charge in [-0.3, -0.25) is 0 Å². The average molecular weight is 304 g/mol. The van der Waals surface area contributed by atoms with Crippen LogP contribution in [0, 0.1) is 13.8 Å². The first-order chi connectivity index (χ1) is 9.31. The maximum atomic E-state index is 12.8. The molecule has 0 saturated heterocycles. The Morgan fingerprint density at radius 2 is 1.95 bits per heavy atom.